The zero-order valence-corrected chi connectivity index (χ0v) is 6.42. The number of ether oxygens (including phenoxy) is 1. The molecule has 0 saturated carbocycles. The standard InChI is InChI=1S/C8H8F2O2/c1-8(10,11)12-7-4-2-6(9)3-5-7/h2-5,11H,1H3. The quantitative estimate of drug-likeness (QED) is 0.693. The molecule has 0 aliphatic heterocycles. The zero-order chi connectivity index (χ0) is 9.19. The highest BCUT2D eigenvalue weighted by molar-refractivity contribution is 5.22. The van der Waals surface area contributed by atoms with Crippen LogP contribution in [0.15, 0.2) is 24.3 Å². The van der Waals surface area contributed by atoms with Gasteiger partial charge in [0.1, 0.15) is 11.6 Å². The van der Waals surface area contributed by atoms with Crippen LogP contribution in [0, 0.1) is 5.82 Å². The second-order valence-corrected chi connectivity index (χ2v) is 2.43. The van der Waals surface area contributed by atoms with Crippen LogP contribution in [-0.2, 0) is 0 Å². The second-order valence-electron chi connectivity index (χ2n) is 2.43. The van der Waals surface area contributed by atoms with Crippen molar-refractivity contribution >= 4 is 0 Å². The molecule has 0 aromatic heterocycles. The van der Waals surface area contributed by atoms with Crippen LogP contribution >= 0.6 is 0 Å². The Hall–Kier alpha value is -1.16. The number of halogens is 2. The molecular weight excluding hydrogens is 166 g/mol. The molecule has 1 atom stereocenters. The van der Waals surface area contributed by atoms with Crippen LogP contribution in [0.25, 0.3) is 0 Å². The molecule has 0 aliphatic carbocycles. The summed E-state index contributed by atoms with van der Waals surface area (Å²) in [7, 11) is 0. The predicted octanol–water partition coefficient (Wildman–Crippen LogP) is 1.84. The highest BCUT2D eigenvalue weighted by Gasteiger charge is 2.19. The Morgan fingerprint density at radius 1 is 1.33 bits per heavy atom. The molecule has 4 heteroatoms. The Morgan fingerprint density at radius 2 is 1.83 bits per heavy atom. The van der Waals surface area contributed by atoms with Gasteiger partial charge in [-0.05, 0) is 24.3 Å². The highest BCUT2D eigenvalue weighted by Crippen LogP contribution is 2.17. The number of hydrogen-bond acceptors (Lipinski definition) is 2. The monoisotopic (exact) mass is 174 g/mol. The SMILES string of the molecule is CC(O)(F)Oc1ccc(F)cc1. The summed E-state index contributed by atoms with van der Waals surface area (Å²) in [5.74, 6) is -0.371. The Morgan fingerprint density at radius 3 is 2.25 bits per heavy atom. The van der Waals surface area contributed by atoms with Gasteiger partial charge >= 0.3 is 6.04 Å². The summed E-state index contributed by atoms with van der Waals surface area (Å²) in [5.41, 5.74) is 0. The molecule has 12 heavy (non-hydrogen) atoms. The van der Waals surface area contributed by atoms with Crippen LogP contribution in [0.2, 0.25) is 0 Å². The van der Waals surface area contributed by atoms with Crippen molar-refractivity contribution in [2.45, 2.75) is 13.0 Å². The van der Waals surface area contributed by atoms with Crippen LogP contribution in [0.3, 0.4) is 0 Å². The molecule has 1 rings (SSSR count). The van der Waals surface area contributed by atoms with Crippen molar-refractivity contribution in [1.82, 2.24) is 0 Å². The van der Waals surface area contributed by atoms with E-state index in [2.05, 4.69) is 4.74 Å². The Bertz CT molecular complexity index is 251. The van der Waals surface area contributed by atoms with E-state index >= 15 is 0 Å². The molecule has 0 amide bonds. The molecule has 1 aromatic rings. The summed E-state index contributed by atoms with van der Waals surface area (Å²) in [6, 6.07) is 1.95. The Kier molecular flexibility index (Phi) is 2.28. The number of alkyl halides is 1. The van der Waals surface area contributed by atoms with Gasteiger partial charge in [0, 0.05) is 6.92 Å². The van der Waals surface area contributed by atoms with Crippen molar-refractivity contribution in [3.63, 3.8) is 0 Å². The smallest absolute Gasteiger partial charge is 0.357 e. The first kappa shape index (κ1) is 8.93. The number of aliphatic hydroxyl groups is 1. The number of rotatable bonds is 2. The fourth-order valence-corrected chi connectivity index (χ4v) is 0.718. The largest absolute Gasteiger partial charge is 0.436 e. The molecule has 66 valence electrons. The third-order valence-corrected chi connectivity index (χ3v) is 1.12. The lowest BCUT2D eigenvalue weighted by atomic mass is 10.3. The lowest BCUT2D eigenvalue weighted by Crippen LogP contribution is -2.24. The molecule has 2 nitrogen and oxygen atoms in total. The maximum atomic E-state index is 12.4. The van der Waals surface area contributed by atoms with Crippen molar-refractivity contribution in [3.8, 4) is 5.75 Å². The Labute approximate surface area is 68.4 Å². The molecular formula is C8H8F2O2. The summed E-state index contributed by atoms with van der Waals surface area (Å²) in [6.45, 7) is 0.844. The van der Waals surface area contributed by atoms with Crippen molar-refractivity contribution < 1.29 is 18.6 Å². The molecule has 0 aliphatic rings. The fraction of sp³-hybridized carbons (Fsp3) is 0.250. The van der Waals surface area contributed by atoms with E-state index in [1.165, 1.54) is 12.1 Å². The molecule has 0 fully saturated rings. The topological polar surface area (TPSA) is 29.5 Å². The van der Waals surface area contributed by atoms with Gasteiger partial charge in [0.2, 0.25) is 0 Å². The molecule has 0 radical (unpaired) electrons. The third-order valence-electron chi connectivity index (χ3n) is 1.12. The van der Waals surface area contributed by atoms with Gasteiger partial charge < -0.3 is 9.84 Å². The lowest BCUT2D eigenvalue weighted by molar-refractivity contribution is -0.222. The molecule has 1 aromatic carbocycles. The van der Waals surface area contributed by atoms with Crippen LogP contribution in [0.4, 0.5) is 8.78 Å². The molecule has 0 spiro atoms. The Balaban J connectivity index is 2.71. The molecule has 1 N–H and O–H groups in total. The maximum Gasteiger partial charge on any atom is 0.357 e. The van der Waals surface area contributed by atoms with Crippen molar-refractivity contribution in [2.24, 2.45) is 0 Å². The summed E-state index contributed by atoms with van der Waals surface area (Å²) in [6.07, 6.45) is 0. The predicted molar refractivity (Wildman–Crippen MR) is 38.8 cm³/mol. The van der Waals surface area contributed by atoms with Crippen molar-refractivity contribution in [1.29, 1.82) is 0 Å². The van der Waals surface area contributed by atoms with Gasteiger partial charge in [-0.1, -0.05) is 0 Å². The number of benzene rings is 1. The minimum atomic E-state index is -2.72. The summed E-state index contributed by atoms with van der Waals surface area (Å²) >= 11 is 0. The van der Waals surface area contributed by atoms with Crippen LogP contribution in [-0.4, -0.2) is 11.1 Å². The van der Waals surface area contributed by atoms with Crippen LogP contribution in [0.5, 0.6) is 5.75 Å². The van der Waals surface area contributed by atoms with E-state index in [1.54, 1.807) is 0 Å². The summed E-state index contributed by atoms with van der Waals surface area (Å²) in [4.78, 5) is 0. The normalized spacial score (nSPS) is 15.3. The average molecular weight is 174 g/mol. The molecule has 1 unspecified atom stereocenters. The minimum absolute atomic E-state index is 0.0731. The van der Waals surface area contributed by atoms with E-state index < -0.39 is 11.9 Å². The second kappa shape index (κ2) is 3.06. The fourth-order valence-electron chi connectivity index (χ4n) is 0.718. The van der Waals surface area contributed by atoms with Gasteiger partial charge in [-0.15, -0.1) is 0 Å². The number of hydrogen-bond donors (Lipinski definition) is 1. The van der Waals surface area contributed by atoms with Crippen LogP contribution in [0.1, 0.15) is 6.92 Å². The van der Waals surface area contributed by atoms with E-state index in [9.17, 15) is 8.78 Å². The van der Waals surface area contributed by atoms with E-state index in [-0.39, 0.29) is 5.75 Å². The van der Waals surface area contributed by atoms with E-state index in [0.717, 1.165) is 19.1 Å². The molecule has 0 heterocycles. The lowest BCUT2D eigenvalue weighted by Gasteiger charge is -2.14. The average Bonchev–Trinajstić information content (AvgIpc) is 1.91. The van der Waals surface area contributed by atoms with Gasteiger partial charge in [0.15, 0.2) is 0 Å². The van der Waals surface area contributed by atoms with Crippen LogP contribution < -0.4 is 4.74 Å². The van der Waals surface area contributed by atoms with E-state index in [1.807, 2.05) is 0 Å². The van der Waals surface area contributed by atoms with Gasteiger partial charge in [-0.2, -0.15) is 4.39 Å². The zero-order valence-electron chi connectivity index (χ0n) is 6.42. The molecule has 0 saturated heterocycles. The first-order chi connectivity index (χ1) is 5.47. The highest BCUT2D eigenvalue weighted by atomic mass is 19.2. The molecule has 0 bridgehead atoms. The van der Waals surface area contributed by atoms with Gasteiger partial charge in [-0.3, -0.25) is 0 Å². The minimum Gasteiger partial charge on any atom is -0.436 e. The summed E-state index contributed by atoms with van der Waals surface area (Å²) < 4.78 is 29.1. The van der Waals surface area contributed by atoms with Gasteiger partial charge in [-0.25, -0.2) is 4.39 Å². The van der Waals surface area contributed by atoms with Gasteiger partial charge in [0.25, 0.3) is 0 Å². The maximum absolute atomic E-state index is 12.4. The first-order valence-electron chi connectivity index (χ1n) is 3.33. The van der Waals surface area contributed by atoms with Gasteiger partial charge in [0.05, 0.1) is 0 Å². The summed E-state index contributed by atoms with van der Waals surface area (Å²) in [5, 5.41) is 8.56. The van der Waals surface area contributed by atoms with E-state index in [4.69, 9.17) is 5.11 Å². The van der Waals surface area contributed by atoms with E-state index in [0.29, 0.717) is 0 Å². The third kappa shape index (κ3) is 2.84. The van der Waals surface area contributed by atoms with Crippen molar-refractivity contribution in [3.05, 3.63) is 30.1 Å². The van der Waals surface area contributed by atoms with Crippen molar-refractivity contribution in [2.75, 3.05) is 0 Å². The first-order valence-corrected chi connectivity index (χ1v) is 3.33.